The molecule has 0 bridgehead atoms. The fourth-order valence-corrected chi connectivity index (χ4v) is 17.2. The van der Waals surface area contributed by atoms with Crippen LogP contribution in [-0.2, 0) is 10.8 Å². The molecule has 4 N–H and O–H groups in total. The Morgan fingerprint density at radius 1 is 0.328 bits per heavy atom. The summed E-state index contributed by atoms with van der Waals surface area (Å²) in [5.74, 6) is 1.25. The Labute approximate surface area is 693 Å². The van der Waals surface area contributed by atoms with E-state index in [1.165, 1.54) is 55.4 Å². The fraction of sp³-hybridized carbons (Fsp3) is 0.0612. The Morgan fingerprint density at radius 2 is 0.767 bits per heavy atom. The molecule has 0 unspecified atom stereocenters. The summed E-state index contributed by atoms with van der Waals surface area (Å²) in [6.07, 6.45) is 0. The van der Waals surface area contributed by atoms with Gasteiger partial charge < -0.3 is 20.3 Å². The van der Waals surface area contributed by atoms with Crippen LogP contribution in [0.2, 0.25) is 10.6 Å². The molecule has 0 radical (unpaired) electrons. The predicted molar refractivity (Wildman–Crippen MR) is 486 cm³/mol. The average molecular weight is 1660 g/mol. The first-order chi connectivity index (χ1) is 56.6. The minimum atomic E-state index is -1.34. The number of aromatic nitrogens is 10. The van der Waals surface area contributed by atoms with Crippen LogP contribution in [0.4, 0.5) is 28.7 Å². The Bertz CT molecular complexity index is 7120. The summed E-state index contributed by atoms with van der Waals surface area (Å²) in [5.41, 5.74) is 23.6. The third-order valence-corrected chi connectivity index (χ3v) is 22.8. The standard InChI is InChI=1S/C49H34N6.C21H18N2.C14H9ClN2.C8H4ClIN2.C6H7BO2/c1-49(2)37-24-12-16-28-42(37)55(48-51-40-26-14-10-23-35(40)46(53-48)32-19-7-4-8-20-32)44-30-43-36(29-38(44)49)33-21-11-15-27-41(33)54(43)47-50-39-25-13-9-22-34(39)45(52-47)31-17-5-3-6-18-31;1-21(2)15-8-4-6-10-18(15)23-20-12-19-14(11-16(20)21)13-7-3-5-9-17(13)22-19;15-14-16-12-9-5-4-8-11(12)13(17-14)10-6-2-1-3-7-10;9-8-11-6-4-2-1-3-5(6)7(10)12-8;8-7(9)6-4-2-1-3-5-6/h3-30H,1-2H3;3-12,22-23H,1-2H3;1-9H;1-4H;1-5,8-9H. The second-order valence-corrected chi connectivity index (χ2v) is 31.1. The highest BCUT2D eigenvalue weighted by Gasteiger charge is 2.40. The van der Waals surface area contributed by atoms with Gasteiger partial charge in [-0.2, -0.15) is 0 Å². The van der Waals surface area contributed by atoms with Crippen molar-refractivity contribution in [3.63, 3.8) is 0 Å². The summed E-state index contributed by atoms with van der Waals surface area (Å²) in [6.45, 7) is 9.27. The second-order valence-electron chi connectivity index (χ2n) is 29.4. The van der Waals surface area contributed by atoms with Crippen LogP contribution in [-0.4, -0.2) is 66.6 Å². The molecular weight excluding hydrogens is 1590 g/mol. The van der Waals surface area contributed by atoms with E-state index in [2.05, 4.69) is 296 Å². The van der Waals surface area contributed by atoms with Crippen LogP contribution < -0.4 is 15.7 Å². The topological polar surface area (TPSA) is 180 Å². The van der Waals surface area contributed by atoms with Crippen molar-refractivity contribution in [1.29, 1.82) is 0 Å². The van der Waals surface area contributed by atoms with Gasteiger partial charge in [-0.15, -0.1) is 0 Å². The smallest absolute Gasteiger partial charge is 0.423 e. The van der Waals surface area contributed by atoms with Crippen molar-refractivity contribution in [2.75, 3.05) is 10.2 Å². The zero-order valence-electron chi connectivity index (χ0n) is 63.4. The lowest BCUT2D eigenvalue weighted by atomic mass is 9.73. The minimum absolute atomic E-state index is 0.0102. The number of nitrogens with one attached hydrogen (secondary N) is 2. The van der Waals surface area contributed by atoms with E-state index in [0.717, 1.165) is 114 Å². The minimum Gasteiger partial charge on any atom is -0.423 e. The van der Waals surface area contributed by atoms with Gasteiger partial charge in [-0.1, -0.05) is 295 Å². The van der Waals surface area contributed by atoms with Crippen molar-refractivity contribution in [2.24, 2.45) is 0 Å². The van der Waals surface area contributed by atoms with E-state index in [-0.39, 0.29) is 16.1 Å². The zero-order valence-corrected chi connectivity index (χ0v) is 67.1. The van der Waals surface area contributed by atoms with Gasteiger partial charge in [0, 0.05) is 93.0 Å². The number of nitrogens with zero attached hydrogens (tertiary/aromatic N) is 10. The second kappa shape index (κ2) is 31.4. The maximum atomic E-state index is 8.58. The van der Waals surface area contributed by atoms with E-state index in [0.29, 0.717) is 22.6 Å². The summed E-state index contributed by atoms with van der Waals surface area (Å²) in [5, 5.41) is 30.3. The Morgan fingerprint density at radius 3 is 1.36 bits per heavy atom. The van der Waals surface area contributed by atoms with Crippen molar-refractivity contribution < 1.29 is 10.0 Å². The molecule has 0 spiro atoms. The molecule has 18 heteroatoms. The number of rotatable bonds is 6. The number of H-pyrrole nitrogens is 1. The molecule has 2 aliphatic rings. The summed E-state index contributed by atoms with van der Waals surface area (Å²) in [6, 6.07) is 115. The van der Waals surface area contributed by atoms with Crippen LogP contribution in [0.3, 0.4) is 0 Å². The zero-order chi connectivity index (χ0) is 79.2. The van der Waals surface area contributed by atoms with Gasteiger partial charge in [0.25, 0.3) is 0 Å². The molecule has 0 saturated carbocycles. The normalized spacial score (nSPS) is 12.7. The molecule has 8 heterocycles. The monoisotopic (exact) mass is 1660 g/mol. The van der Waals surface area contributed by atoms with Gasteiger partial charge in [-0.25, -0.2) is 39.9 Å². The molecule has 22 rings (SSSR count). The molecule has 20 aromatic rings. The fourth-order valence-electron chi connectivity index (χ4n) is 16.0. The van der Waals surface area contributed by atoms with E-state index < -0.39 is 7.12 Å². The van der Waals surface area contributed by atoms with Crippen molar-refractivity contribution in [3.05, 3.63) is 376 Å². The van der Waals surface area contributed by atoms with Crippen LogP contribution in [0.15, 0.2) is 340 Å². The van der Waals surface area contributed by atoms with E-state index in [1.54, 1.807) is 24.3 Å². The van der Waals surface area contributed by atoms with Crippen molar-refractivity contribution in [3.8, 4) is 39.7 Å². The number of fused-ring (bicyclic) bond motifs is 14. The highest BCUT2D eigenvalue weighted by molar-refractivity contribution is 14.1. The van der Waals surface area contributed by atoms with Gasteiger partial charge in [0.2, 0.25) is 22.5 Å². The molecule has 0 fully saturated rings. The molecule has 116 heavy (non-hydrogen) atoms. The number of anilines is 5. The highest BCUT2D eigenvalue weighted by Crippen LogP contribution is 2.54. The summed E-state index contributed by atoms with van der Waals surface area (Å²) in [4.78, 5) is 43.8. The third-order valence-electron chi connectivity index (χ3n) is 21.6. The number of halogens is 3. The Hall–Kier alpha value is -13.1. The highest BCUT2D eigenvalue weighted by atomic mass is 127. The van der Waals surface area contributed by atoms with Gasteiger partial charge in [-0.05, 0) is 146 Å². The van der Waals surface area contributed by atoms with Gasteiger partial charge >= 0.3 is 7.12 Å². The van der Waals surface area contributed by atoms with Crippen LogP contribution in [0.5, 0.6) is 0 Å². The molecule has 2 aliphatic heterocycles. The number of hydrogen-bond donors (Lipinski definition) is 4. The molecular formula is C98H72BCl2IN12O2. The third kappa shape index (κ3) is 14.1. The molecule has 560 valence electrons. The van der Waals surface area contributed by atoms with E-state index in [1.807, 2.05) is 109 Å². The lowest BCUT2D eigenvalue weighted by Gasteiger charge is -2.41. The van der Waals surface area contributed by atoms with Gasteiger partial charge in [0.1, 0.15) is 3.70 Å². The lowest BCUT2D eigenvalue weighted by molar-refractivity contribution is 0.426. The number of benzene rings is 14. The van der Waals surface area contributed by atoms with Crippen molar-refractivity contribution >= 4 is 174 Å². The molecule has 14 nitrogen and oxygen atoms in total. The van der Waals surface area contributed by atoms with E-state index in [4.69, 9.17) is 53.2 Å². The van der Waals surface area contributed by atoms with Crippen LogP contribution in [0.1, 0.15) is 49.9 Å². The number of aromatic amines is 1. The molecule has 14 aromatic carbocycles. The number of para-hydroxylation sites is 8. The molecule has 0 atom stereocenters. The SMILES string of the molecule is CC1(C)c2ccccc2N(c2nc(-c3ccccc3)c3ccccc3n2)c2cc3c(cc21)c1ccccc1n3-c1nc(-c2ccccc2)c2ccccc2n1.CC1(C)c2ccccc2Nc2cc3[nH]c4ccccc4c3cc21.Clc1nc(-c2ccccc2)c2ccccc2n1.Clc1nc(I)c2ccccc2n1.OB(O)c1ccccc1. The largest absolute Gasteiger partial charge is 0.488 e. The maximum Gasteiger partial charge on any atom is 0.488 e. The molecule has 0 aliphatic carbocycles. The molecule has 0 saturated heterocycles. The first kappa shape index (κ1) is 74.4. The summed E-state index contributed by atoms with van der Waals surface area (Å²) in [7, 11) is -1.34. The van der Waals surface area contributed by atoms with Crippen molar-refractivity contribution in [2.45, 2.75) is 38.5 Å². The average Bonchev–Trinajstić information content (AvgIpc) is 1.34. The summed E-state index contributed by atoms with van der Waals surface area (Å²) < 4.78 is 3.12. The van der Waals surface area contributed by atoms with E-state index in [9.17, 15) is 0 Å². The van der Waals surface area contributed by atoms with Crippen LogP contribution >= 0.6 is 45.8 Å². The number of hydrogen-bond acceptors (Lipinski definition) is 12. The molecule has 0 amide bonds. The molecule has 6 aromatic heterocycles. The predicted octanol–water partition coefficient (Wildman–Crippen LogP) is 24.0. The quantitative estimate of drug-likeness (QED) is 0.0536. The van der Waals surface area contributed by atoms with Crippen LogP contribution in [0, 0.1) is 3.70 Å². The van der Waals surface area contributed by atoms with Crippen LogP contribution in [0.25, 0.3) is 127 Å². The maximum absolute atomic E-state index is 8.58. The van der Waals surface area contributed by atoms with E-state index >= 15 is 0 Å². The Balaban J connectivity index is 0.000000123. The summed E-state index contributed by atoms with van der Waals surface area (Å²) >= 11 is 13.8. The van der Waals surface area contributed by atoms with Crippen molar-refractivity contribution in [1.82, 2.24) is 49.4 Å². The van der Waals surface area contributed by atoms with Gasteiger partial charge in [0.05, 0.1) is 61.6 Å². The first-order valence-electron chi connectivity index (χ1n) is 38.1. The lowest BCUT2D eigenvalue weighted by Crippen LogP contribution is -2.31. The van der Waals surface area contributed by atoms with Gasteiger partial charge in [-0.3, -0.25) is 9.47 Å². The van der Waals surface area contributed by atoms with Gasteiger partial charge in [0.15, 0.2) is 0 Å². The Kier molecular flexibility index (Phi) is 20.1. The first-order valence-corrected chi connectivity index (χ1v) is 39.9.